The van der Waals surface area contributed by atoms with Crippen LogP contribution in [0.2, 0.25) is 0 Å². The summed E-state index contributed by atoms with van der Waals surface area (Å²) in [5, 5.41) is 3.40. The van der Waals surface area contributed by atoms with Crippen LogP contribution in [0.25, 0.3) is 0 Å². The smallest absolute Gasteiger partial charge is 0.126 e. The lowest BCUT2D eigenvalue weighted by Crippen LogP contribution is -2.24. The van der Waals surface area contributed by atoms with Gasteiger partial charge >= 0.3 is 0 Å². The highest BCUT2D eigenvalue weighted by Crippen LogP contribution is 2.20. The van der Waals surface area contributed by atoms with Crippen molar-refractivity contribution in [3.63, 3.8) is 0 Å². The highest BCUT2D eigenvalue weighted by molar-refractivity contribution is 5.26. The van der Waals surface area contributed by atoms with E-state index in [0.717, 1.165) is 18.5 Å². The van der Waals surface area contributed by atoms with Crippen LogP contribution in [-0.2, 0) is 0 Å². The van der Waals surface area contributed by atoms with Crippen molar-refractivity contribution in [3.05, 3.63) is 35.1 Å². The zero-order valence-corrected chi connectivity index (χ0v) is 10.7. The average Bonchev–Trinajstić information content (AvgIpc) is 2.21. The topological polar surface area (TPSA) is 12.0 Å². The fourth-order valence-electron chi connectivity index (χ4n) is 1.73. The summed E-state index contributed by atoms with van der Waals surface area (Å²) in [6, 6.07) is 5.94. The Hall–Kier alpha value is -0.890. The molecule has 1 rings (SSSR count). The zero-order valence-electron chi connectivity index (χ0n) is 10.7. The lowest BCUT2D eigenvalue weighted by atomic mass is 9.96. The minimum atomic E-state index is -0.115. The predicted molar refractivity (Wildman–Crippen MR) is 67.3 cm³/mol. The molecule has 1 nitrogen and oxygen atoms in total. The van der Waals surface area contributed by atoms with Crippen LogP contribution in [0, 0.1) is 12.7 Å². The van der Waals surface area contributed by atoms with Gasteiger partial charge in [-0.15, -0.1) is 0 Å². The molecule has 90 valence electrons. The van der Waals surface area contributed by atoms with Gasteiger partial charge in [-0.1, -0.05) is 32.9 Å². The predicted octanol–water partition coefficient (Wildman–Crippen LogP) is 3.63. The molecule has 1 unspecified atom stereocenters. The maximum atomic E-state index is 13.1. The van der Waals surface area contributed by atoms with Crippen LogP contribution in [0.1, 0.15) is 44.2 Å². The van der Waals surface area contributed by atoms with Gasteiger partial charge in [0.2, 0.25) is 0 Å². The first-order valence-corrected chi connectivity index (χ1v) is 6.00. The van der Waals surface area contributed by atoms with Crippen molar-refractivity contribution in [2.75, 3.05) is 6.54 Å². The second-order valence-corrected chi connectivity index (χ2v) is 4.81. The molecule has 1 N–H and O–H groups in total. The minimum Gasteiger partial charge on any atom is -0.315 e. The molecule has 0 spiro atoms. The molecule has 0 saturated heterocycles. The van der Waals surface area contributed by atoms with Gasteiger partial charge in [-0.3, -0.25) is 0 Å². The Kier molecular flexibility index (Phi) is 4.94. The van der Waals surface area contributed by atoms with Crippen LogP contribution < -0.4 is 5.32 Å². The van der Waals surface area contributed by atoms with Gasteiger partial charge in [0.05, 0.1) is 0 Å². The summed E-state index contributed by atoms with van der Waals surface area (Å²) in [6.45, 7) is 9.31. The largest absolute Gasteiger partial charge is 0.315 e. The summed E-state index contributed by atoms with van der Waals surface area (Å²) in [5.74, 6) is 0.363. The van der Waals surface area contributed by atoms with Crippen LogP contribution in [0.15, 0.2) is 18.2 Å². The van der Waals surface area contributed by atoms with Crippen molar-refractivity contribution in [1.29, 1.82) is 0 Å². The van der Waals surface area contributed by atoms with E-state index in [0.29, 0.717) is 12.0 Å². The molecule has 0 aliphatic carbocycles. The summed E-state index contributed by atoms with van der Waals surface area (Å²) in [4.78, 5) is 0. The molecule has 0 radical (unpaired) electrons. The summed E-state index contributed by atoms with van der Waals surface area (Å²) in [5.41, 5.74) is 1.96. The first kappa shape index (κ1) is 13.2. The monoisotopic (exact) mass is 223 g/mol. The van der Waals surface area contributed by atoms with E-state index in [1.807, 2.05) is 19.1 Å². The first-order chi connectivity index (χ1) is 7.50. The van der Waals surface area contributed by atoms with Crippen LogP contribution >= 0.6 is 0 Å². The normalized spacial score (nSPS) is 13.1. The van der Waals surface area contributed by atoms with Crippen LogP contribution in [0.5, 0.6) is 0 Å². The third-order valence-corrected chi connectivity index (χ3v) is 2.88. The Labute approximate surface area is 98.1 Å². The molecular weight excluding hydrogens is 201 g/mol. The summed E-state index contributed by atoms with van der Waals surface area (Å²) in [6.07, 6.45) is 1.09. The van der Waals surface area contributed by atoms with E-state index in [-0.39, 0.29) is 5.82 Å². The van der Waals surface area contributed by atoms with Gasteiger partial charge in [0, 0.05) is 6.04 Å². The Balaban J connectivity index is 2.52. The van der Waals surface area contributed by atoms with Gasteiger partial charge in [0.1, 0.15) is 5.82 Å². The standard InChI is InChI=1S/C14H22FN/c1-10(2)16-8-7-11(3)13-5-6-14(15)12(4)9-13/h5-6,9-11,16H,7-8H2,1-4H3. The molecule has 1 atom stereocenters. The van der Waals surface area contributed by atoms with Crippen LogP contribution in [0.3, 0.4) is 0 Å². The second-order valence-electron chi connectivity index (χ2n) is 4.81. The summed E-state index contributed by atoms with van der Waals surface area (Å²) < 4.78 is 13.1. The molecule has 16 heavy (non-hydrogen) atoms. The Morgan fingerprint density at radius 2 is 1.94 bits per heavy atom. The van der Waals surface area contributed by atoms with Crippen molar-refractivity contribution >= 4 is 0 Å². The number of aryl methyl sites for hydroxylation is 1. The summed E-state index contributed by atoms with van der Waals surface area (Å²) in [7, 11) is 0. The maximum Gasteiger partial charge on any atom is 0.126 e. The number of hydrogen-bond acceptors (Lipinski definition) is 1. The van der Waals surface area contributed by atoms with Crippen LogP contribution in [-0.4, -0.2) is 12.6 Å². The summed E-state index contributed by atoms with van der Waals surface area (Å²) >= 11 is 0. The average molecular weight is 223 g/mol. The van der Waals surface area contributed by atoms with E-state index in [9.17, 15) is 4.39 Å². The van der Waals surface area contributed by atoms with E-state index in [4.69, 9.17) is 0 Å². The number of benzene rings is 1. The third kappa shape index (κ3) is 3.93. The van der Waals surface area contributed by atoms with Crippen molar-refractivity contribution < 1.29 is 4.39 Å². The Bertz CT molecular complexity index is 334. The van der Waals surface area contributed by atoms with Gasteiger partial charge in [0.15, 0.2) is 0 Å². The Morgan fingerprint density at radius 1 is 1.25 bits per heavy atom. The van der Waals surface area contributed by atoms with Crippen molar-refractivity contribution in [2.24, 2.45) is 0 Å². The SMILES string of the molecule is Cc1cc(C(C)CCNC(C)C)ccc1F. The van der Waals surface area contributed by atoms with E-state index >= 15 is 0 Å². The van der Waals surface area contributed by atoms with E-state index in [2.05, 4.69) is 26.1 Å². The van der Waals surface area contributed by atoms with E-state index in [1.165, 1.54) is 5.56 Å². The van der Waals surface area contributed by atoms with Crippen LogP contribution in [0.4, 0.5) is 4.39 Å². The highest BCUT2D eigenvalue weighted by atomic mass is 19.1. The fraction of sp³-hybridized carbons (Fsp3) is 0.571. The van der Waals surface area contributed by atoms with Crippen molar-refractivity contribution in [1.82, 2.24) is 5.32 Å². The molecule has 0 saturated carbocycles. The van der Waals surface area contributed by atoms with E-state index < -0.39 is 0 Å². The maximum absolute atomic E-state index is 13.1. The molecule has 0 amide bonds. The quantitative estimate of drug-likeness (QED) is 0.804. The van der Waals surface area contributed by atoms with Gasteiger partial charge < -0.3 is 5.32 Å². The van der Waals surface area contributed by atoms with Gasteiger partial charge in [0.25, 0.3) is 0 Å². The van der Waals surface area contributed by atoms with E-state index in [1.54, 1.807) is 6.07 Å². The lowest BCUT2D eigenvalue weighted by Gasteiger charge is -2.14. The molecule has 0 aliphatic heterocycles. The van der Waals surface area contributed by atoms with Crippen molar-refractivity contribution in [2.45, 2.75) is 46.1 Å². The molecule has 1 aromatic carbocycles. The zero-order chi connectivity index (χ0) is 12.1. The molecule has 2 heteroatoms. The molecule has 0 bridgehead atoms. The fourth-order valence-corrected chi connectivity index (χ4v) is 1.73. The molecule has 0 aliphatic rings. The van der Waals surface area contributed by atoms with Gasteiger partial charge in [-0.2, -0.15) is 0 Å². The molecular formula is C14H22FN. The van der Waals surface area contributed by atoms with Crippen molar-refractivity contribution in [3.8, 4) is 0 Å². The second kappa shape index (κ2) is 6.00. The lowest BCUT2D eigenvalue weighted by molar-refractivity contribution is 0.540. The number of rotatable bonds is 5. The number of hydrogen-bond donors (Lipinski definition) is 1. The third-order valence-electron chi connectivity index (χ3n) is 2.88. The molecule has 0 heterocycles. The van der Waals surface area contributed by atoms with Gasteiger partial charge in [-0.25, -0.2) is 4.39 Å². The Morgan fingerprint density at radius 3 is 2.50 bits per heavy atom. The first-order valence-electron chi connectivity index (χ1n) is 6.00. The number of nitrogens with one attached hydrogen (secondary N) is 1. The molecule has 0 aromatic heterocycles. The van der Waals surface area contributed by atoms with Gasteiger partial charge in [-0.05, 0) is 43.0 Å². The number of halogens is 1. The molecule has 0 fully saturated rings. The molecule has 1 aromatic rings. The minimum absolute atomic E-state index is 0.115. The highest BCUT2D eigenvalue weighted by Gasteiger charge is 2.07.